The molecule has 5 heteroatoms. The molecule has 4 aromatic carbocycles. The lowest BCUT2D eigenvalue weighted by atomic mass is 9.97. The molecule has 0 spiro atoms. The van der Waals surface area contributed by atoms with Crippen LogP contribution in [0.2, 0.25) is 0 Å². The summed E-state index contributed by atoms with van der Waals surface area (Å²) in [6.07, 6.45) is 9.44. The van der Waals surface area contributed by atoms with E-state index in [1.54, 1.807) is 0 Å². The van der Waals surface area contributed by atoms with Crippen molar-refractivity contribution >= 4 is 27.4 Å². The Morgan fingerprint density at radius 3 is 2.11 bits per heavy atom. The molecule has 1 aliphatic rings. The van der Waals surface area contributed by atoms with Gasteiger partial charge in [-0.1, -0.05) is 104 Å². The first-order valence-electron chi connectivity index (χ1n) is 15.8. The van der Waals surface area contributed by atoms with Crippen molar-refractivity contribution < 1.29 is 0 Å². The van der Waals surface area contributed by atoms with Gasteiger partial charge >= 0.3 is 0 Å². The van der Waals surface area contributed by atoms with Crippen LogP contribution in [0, 0.1) is 6.92 Å². The van der Waals surface area contributed by atoms with Crippen molar-refractivity contribution in [3.05, 3.63) is 156 Å². The maximum atomic E-state index is 5.04. The average molecular weight is 596 g/mol. The van der Waals surface area contributed by atoms with Crippen molar-refractivity contribution in [3.63, 3.8) is 0 Å². The van der Waals surface area contributed by atoms with E-state index >= 15 is 0 Å². The van der Waals surface area contributed by atoms with E-state index in [0.717, 1.165) is 39.4 Å². The van der Waals surface area contributed by atoms with Crippen molar-refractivity contribution in [2.24, 2.45) is 0 Å². The fraction of sp³-hybridized carbons (Fsp3) is 0.122. The van der Waals surface area contributed by atoms with E-state index in [0.29, 0.717) is 17.6 Å². The number of pyridine rings is 1. The quantitative estimate of drug-likeness (QED) is 0.192. The zero-order valence-electron chi connectivity index (χ0n) is 26.1. The van der Waals surface area contributed by atoms with Crippen molar-refractivity contribution in [1.29, 1.82) is 0 Å². The van der Waals surface area contributed by atoms with Gasteiger partial charge in [-0.3, -0.25) is 9.55 Å². The van der Waals surface area contributed by atoms with Gasteiger partial charge in [-0.25, -0.2) is 4.98 Å². The molecule has 5 nitrogen and oxygen atoms in total. The Bertz CT molecular complexity index is 2260. The summed E-state index contributed by atoms with van der Waals surface area (Å²) in [6.45, 7) is 6.73. The second-order valence-corrected chi connectivity index (χ2v) is 12.1. The third-order valence-electron chi connectivity index (χ3n) is 9.19. The number of rotatable bonds is 6. The topological polar surface area (TPSA) is 56.5 Å². The Kier molecular flexibility index (Phi) is 6.87. The molecule has 0 saturated carbocycles. The van der Waals surface area contributed by atoms with E-state index in [1.165, 1.54) is 33.4 Å². The molecule has 3 aromatic heterocycles. The minimum absolute atomic E-state index is 0.233. The normalized spacial score (nSPS) is 13.6. The standard InChI is InChI=1S/C41H33N5/c1-26(17-18-32-23-33-16-10-11-27(2)38(33)28(32)3)31-19-20-36-34(24-31)35-25-42-22-21-37(35)46(36)41-44-39(29-12-6-4-7-13-29)43-40(45-41)30-14-8-5-9-15-30/h4-22,24-26H,23H2,1-3H3/b18-17-. The van der Waals surface area contributed by atoms with E-state index in [1.807, 2.05) is 79.1 Å². The smallest absolute Gasteiger partial charge is 0.238 e. The lowest BCUT2D eigenvalue weighted by molar-refractivity contribution is 0.949. The molecule has 1 unspecified atom stereocenters. The molecule has 222 valence electrons. The summed E-state index contributed by atoms with van der Waals surface area (Å²) in [7, 11) is 0. The minimum atomic E-state index is 0.233. The Balaban J connectivity index is 1.23. The fourth-order valence-corrected chi connectivity index (χ4v) is 6.75. The number of hydrogen-bond donors (Lipinski definition) is 0. The van der Waals surface area contributed by atoms with E-state index in [9.17, 15) is 0 Å². The van der Waals surface area contributed by atoms with Crippen molar-refractivity contribution in [1.82, 2.24) is 24.5 Å². The SMILES string of the molecule is CC1=C(/C=C\C(C)c2ccc3c(c2)c2cnccc2n3-c2nc(-c3ccccc3)nc(-c3ccccc3)n2)Cc2cccc(C)c21. The second kappa shape index (κ2) is 11.4. The maximum Gasteiger partial charge on any atom is 0.238 e. The highest BCUT2D eigenvalue weighted by Crippen LogP contribution is 2.37. The maximum absolute atomic E-state index is 5.04. The molecule has 1 atom stereocenters. The van der Waals surface area contributed by atoms with Gasteiger partial charge in [-0.2, -0.15) is 9.97 Å². The van der Waals surface area contributed by atoms with Gasteiger partial charge in [0.15, 0.2) is 11.6 Å². The molecule has 0 aliphatic heterocycles. The van der Waals surface area contributed by atoms with Crippen LogP contribution in [-0.4, -0.2) is 24.5 Å². The van der Waals surface area contributed by atoms with Crippen LogP contribution in [0.4, 0.5) is 0 Å². The van der Waals surface area contributed by atoms with Gasteiger partial charge in [0.25, 0.3) is 0 Å². The summed E-state index contributed by atoms with van der Waals surface area (Å²) in [5, 5.41) is 2.20. The van der Waals surface area contributed by atoms with E-state index < -0.39 is 0 Å². The van der Waals surface area contributed by atoms with E-state index in [-0.39, 0.29) is 5.92 Å². The van der Waals surface area contributed by atoms with Crippen LogP contribution in [0.15, 0.2) is 133 Å². The first-order valence-corrected chi connectivity index (χ1v) is 15.8. The number of aryl methyl sites for hydroxylation is 1. The number of hydrogen-bond acceptors (Lipinski definition) is 4. The van der Waals surface area contributed by atoms with Gasteiger partial charge in [0.2, 0.25) is 5.95 Å². The molecule has 0 saturated heterocycles. The summed E-state index contributed by atoms with van der Waals surface area (Å²) in [5.74, 6) is 2.09. The lowest BCUT2D eigenvalue weighted by Gasteiger charge is -2.11. The van der Waals surface area contributed by atoms with Crippen LogP contribution in [0.5, 0.6) is 0 Å². The average Bonchev–Trinajstić information content (AvgIpc) is 3.62. The number of allylic oxidation sites excluding steroid dienone is 4. The van der Waals surface area contributed by atoms with Crippen LogP contribution < -0.4 is 0 Å². The first-order chi connectivity index (χ1) is 22.5. The molecular weight excluding hydrogens is 562 g/mol. The lowest BCUT2D eigenvalue weighted by Crippen LogP contribution is -2.06. The highest BCUT2D eigenvalue weighted by atomic mass is 15.2. The molecule has 46 heavy (non-hydrogen) atoms. The molecule has 3 heterocycles. The zero-order chi connectivity index (χ0) is 31.2. The molecule has 0 radical (unpaired) electrons. The van der Waals surface area contributed by atoms with Crippen LogP contribution in [0.25, 0.3) is 56.1 Å². The predicted octanol–water partition coefficient (Wildman–Crippen LogP) is 9.70. The molecule has 0 amide bonds. The highest BCUT2D eigenvalue weighted by molar-refractivity contribution is 6.09. The van der Waals surface area contributed by atoms with Crippen LogP contribution in [0.3, 0.4) is 0 Å². The van der Waals surface area contributed by atoms with Gasteiger partial charge in [0, 0.05) is 34.3 Å². The summed E-state index contributed by atoms with van der Waals surface area (Å²) >= 11 is 0. The van der Waals surface area contributed by atoms with Gasteiger partial charge in [-0.05, 0) is 77.8 Å². The Hall–Kier alpha value is -5.68. The largest absolute Gasteiger partial charge is 0.278 e. The van der Waals surface area contributed by atoms with Crippen molar-refractivity contribution in [2.45, 2.75) is 33.1 Å². The third-order valence-corrected chi connectivity index (χ3v) is 9.19. The number of nitrogens with zero attached hydrogens (tertiary/aromatic N) is 5. The molecule has 7 aromatic rings. The molecule has 0 fully saturated rings. The monoisotopic (exact) mass is 595 g/mol. The van der Waals surface area contributed by atoms with Crippen LogP contribution >= 0.6 is 0 Å². The summed E-state index contributed by atoms with van der Waals surface area (Å²) in [4.78, 5) is 19.5. The van der Waals surface area contributed by atoms with E-state index in [2.05, 4.69) is 78.9 Å². The Morgan fingerprint density at radius 2 is 1.41 bits per heavy atom. The van der Waals surface area contributed by atoms with Gasteiger partial charge in [0.05, 0.1) is 11.0 Å². The number of aromatic nitrogens is 5. The minimum Gasteiger partial charge on any atom is -0.278 e. The van der Waals surface area contributed by atoms with Gasteiger partial charge in [-0.15, -0.1) is 0 Å². The van der Waals surface area contributed by atoms with Crippen molar-refractivity contribution in [2.75, 3.05) is 0 Å². The third kappa shape index (κ3) is 4.81. The molecule has 0 N–H and O–H groups in total. The molecule has 0 bridgehead atoms. The fourth-order valence-electron chi connectivity index (χ4n) is 6.75. The Morgan fingerprint density at radius 1 is 0.717 bits per heavy atom. The van der Waals surface area contributed by atoms with Crippen molar-refractivity contribution in [3.8, 4) is 28.7 Å². The Labute approximate surface area is 268 Å². The zero-order valence-corrected chi connectivity index (χ0v) is 26.1. The number of benzene rings is 4. The molecule has 8 rings (SSSR count). The summed E-state index contributed by atoms with van der Waals surface area (Å²) in [6, 6.07) is 35.6. The highest BCUT2D eigenvalue weighted by Gasteiger charge is 2.20. The predicted molar refractivity (Wildman–Crippen MR) is 188 cm³/mol. The summed E-state index contributed by atoms with van der Waals surface area (Å²) < 4.78 is 2.14. The second-order valence-electron chi connectivity index (χ2n) is 12.1. The van der Waals surface area contributed by atoms with Crippen LogP contribution in [-0.2, 0) is 6.42 Å². The summed E-state index contributed by atoms with van der Waals surface area (Å²) in [5.41, 5.74) is 12.2. The molecule has 1 aliphatic carbocycles. The van der Waals surface area contributed by atoms with E-state index in [4.69, 9.17) is 15.0 Å². The van der Waals surface area contributed by atoms with Gasteiger partial charge in [0.1, 0.15) is 0 Å². The molecular formula is C41H33N5. The van der Waals surface area contributed by atoms with Gasteiger partial charge < -0.3 is 0 Å². The number of fused-ring (bicyclic) bond motifs is 4. The van der Waals surface area contributed by atoms with Crippen LogP contribution in [0.1, 0.15) is 42.0 Å². The first kappa shape index (κ1) is 27.8.